The maximum Gasteiger partial charge on any atom is 0.416 e. The smallest absolute Gasteiger partial charge is 0.365 e. The van der Waals surface area contributed by atoms with Crippen LogP contribution < -0.4 is 0 Å². The number of alkyl halides is 3. The summed E-state index contributed by atoms with van der Waals surface area (Å²) in [6, 6.07) is 6.89. The maximum atomic E-state index is 12.7. The Labute approximate surface area is 118 Å². The third-order valence-electron chi connectivity index (χ3n) is 3.52. The van der Waals surface area contributed by atoms with E-state index in [1.807, 2.05) is 6.07 Å². The molecule has 1 atom stereocenters. The summed E-state index contributed by atoms with van der Waals surface area (Å²) in [7, 11) is 0. The molecule has 0 radical (unpaired) electrons. The highest BCUT2D eigenvalue weighted by atomic mass is 19.4. The largest absolute Gasteiger partial charge is 0.416 e. The van der Waals surface area contributed by atoms with Crippen molar-refractivity contribution in [3.05, 3.63) is 36.0 Å². The van der Waals surface area contributed by atoms with Crippen LogP contribution in [0.5, 0.6) is 0 Å². The first-order chi connectivity index (χ1) is 9.95. The van der Waals surface area contributed by atoms with Crippen LogP contribution in [0, 0.1) is 0 Å². The fourth-order valence-corrected chi connectivity index (χ4v) is 2.40. The molecule has 0 saturated carbocycles. The second-order valence-corrected chi connectivity index (χ2v) is 4.93. The first-order valence-electron chi connectivity index (χ1n) is 6.50. The van der Waals surface area contributed by atoms with Crippen LogP contribution in [0.1, 0.15) is 10.4 Å². The van der Waals surface area contributed by atoms with E-state index >= 15 is 0 Å². The van der Waals surface area contributed by atoms with Crippen molar-refractivity contribution < 1.29 is 22.7 Å². The number of amides is 1. The van der Waals surface area contributed by atoms with Gasteiger partial charge in [-0.25, -0.2) is 0 Å². The molecule has 21 heavy (non-hydrogen) atoms. The van der Waals surface area contributed by atoms with Crippen LogP contribution in [0.15, 0.2) is 30.5 Å². The monoisotopic (exact) mass is 298 g/mol. The van der Waals surface area contributed by atoms with Gasteiger partial charge in [-0.2, -0.15) is 13.2 Å². The molecule has 0 bridgehead atoms. The summed E-state index contributed by atoms with van der Waals surface area (Å²) >= 11 is 0. The van der Waals surface area contributed by atoms with Gasteiger partial charge in [0.1, 0.15) is 0 Å². The lowest BCUT2D eigenvalue weighted by Gasteiger charge is -2.33. The molecule has 1 N–H and O–H groups in total. The predicted octanol–water partition coefficient (Wildman–Crippen LogP) is 2.57. The number of ether oxygens (including phenoxy) is 1. The maximum absolute atomic E-state index is 12.7. The molecule has 2 aromatic rings. The zero-order valence-corrected chi connectivity index (χ0v) is 11.0. The lowest BCUT2D eigenvalue weighted by atomic mass is 10.1. The fraction of sp³-hybridized carbons (Fsp3) is 0.357. The van der Waals surface area contributed by atoms with Crippen molar-refractivity contribution in [3.63, 3.8) is 0 Å². The van der Waals surface area contributed by atoms with Crippen molar-refractivity contribution in [1.82, 2.24) is 9.88 Å². The molecule has 112 valence electrons. The van der Waals surface area contributed by atoms with Crippen LogP contribution in [-0.2, 0) is 4.74 Å². The number of aromatic nitrogens is 1. The molecule has 1 saturated heterocycles. The summed E-state index contributed by atoms with van der Waals surface area (Å²) in [6.07, 6.45) is -4.63. The van der Waals surface area contributed by atoms with Crippen LogP contribution in [0.2, 0.25) is 0 Å². The summed E-state index contributed by atoms with van der Waals surface area (Å²) in [6.45, 7) is -0.417. The zero-order chi connectivity index (χ0) is 15.0. The van der Waals surface area contributed by atoms with Crippen molar-refractivity contribution in [2.45, 2.75) is 12.3 Å². The van der Waals surface area contributed by atoms with E-state index in [9.17, 15) is 18.0 Å². The number of aromatic amines is 1. The Morgan fingerprint density at radius 2 is 2.14 bits per heavy atom. The van der Waals surface area contributed by atoms with Gasteiger partial charge < -0.3 is 14.6 Å². The Balaban J connectivity index is 1.80. The first kappa shape index (κ1) is 13.9. The minimum Gasteiger partial charge on any atom is -0.365 e. The molecule has 4 nitrogen and oxygen atoms in total. The van der Waals surface area contributed by atoms with Crippen molar-refractivity contribution in [2.24, 2.45) is 0 Å². The molecule has 1 fully saturated rings. The van der Waals surface area contributed by atoms with Crippen LogP contribution in [0.3, 0.4) is 0 Å². The molecule has 2 heterocycles. The Morgan fingerprint density at radius 1 is 1.33 bits per heavy atom. The van der Waals surface area contributed by atoms with Gasteiger partial charge in [0.2, 0.25) is 0 Å². The number of H-pyrrole nitrogens is 1. The van der Waals surface area contributed by atoms with Crippen molar-refractivity contribution in [3.8, 4) is 0 Å². The Morgan fingerprint density at radius 3 is 2.90 bits per heavy atom. The number of carbonyl (C=O) groups is 1. The highest BCUT2D eigenvalue weighted by Gasteiger charge is 2.44. The molecule has 0 aliphatic carbocycles. The SMILES string of the molecule is O=C(c1ccc2cc[nH]c2c1)N1CCO[C@@H](C(F)(F)F)C1. The van der Waals surface area contributed by atoms with Gasteiger partial charge in [-0.05, 0) is 23.6 Å². The number of nitrogens with one attached hydrogen (secondary N) is 1. The molecule has 1 aliphatic rings. The normalized spacial score (nSPS) is 20.0. The third kappa shape index (κ3) is 2.73. The number of hydrogen-bond donors (Lipinski definition) is 1. The second-order valence-electron chi connectivity index (χ2n) is 4.93. The van der Waals surface area contributed by atoms with Gasteiger partial charge in [0.25, 0.3) is 5.91 Å². The Hall–Kier alpha value is -2.02. The molecule has 1 amide bonds. The summed E-state index contributed by atoms with van der Waals surface area (Å²) in [5.74, 6) is -0.413. The summed E-state index contributed by atoms with van der Waals surface area (Å²) in [5, 5.41) is 0.946. The van der Waals surface area contributed by atoms with Crippen LogP contribution in [0.4, 0.5) is 13.2 Å². The fourth-order valence-electron chi connectivity index (χ4n) is 2.40. The number of benzene rings is 1. The molecule has 1 aromatic carbocycles. The highest BCUT2D eigenvalue weighted by molar-refractivity contribution is 5.98. The average Bonchev–Trinajstić information content (AvgIpc) is 2.93. The lowest BCUT2D eigenvalue weighted by Crippen LogP contribution is -2.51. The van der Waals surface area contributed by atoms with E-state index in [0.29, 0.717) is 5.56 Å². The van der Waals surface area contributed by atoms with E-state index in [1.165, 1.54) is 4.90 Å². The Kier molecular flexibility index (Phi) is 3.36. The average molecular weight is 298 g/mol. The van der Waals surface area contributed by atoms with E-state index in [0.717, 1.165) is 10.9 Å². The van der Waals surface area contributed by atoms with Gasteiger partial charge in [0.05, 0.1) is 13.2 Å². The standard InChI is InChI=1S/C14H13F3N2O2/c15-14(16,17)12-8-19(5-6-21-12)13(20)10-2-1-9-3-4-18-11(9)7-10/h1-4,7,12,18H,5-6,8H2/t12-/m1/s1. The van der Waals surface area contributed by atoms with E-state index in [4.69, 9.17) is 4.74 Å². The molecular formula is C14H13F3N2O2. The molecule has 0 spiro atoms. The van der Waals surface area contributed by atoms with Gasteiger partial charge in [-0.3, -0.25) is 4.79 Å². The molecule has 0 unspecified atom stereocenters. The zero-order valence-electron chi connectivity index (χ0n) is 11.0. The van der Waals surface area contributed by atoms with Crippen molar-refractivity contribution in [2.75, 3.05) is 19.7 Å². The second kappa shape index (κ2) is 5.07. The number of morpholine rings is 1. The number of hydrogen-bond acceptors (Lipinski definition) is 2. The minimum atomic E-state index is -4.46. The summed E-state index contributed by atoms with van der Waals surface area (Å²) < 4.78 is 42.7. The van der Waals surface area contributed by atoms with Crippen LogP contribution in [-0.4, -0.2) is 47.8 Å². The van der Waals surface area contributed by atoms with E-state index < -0.39 is 24.7 Å². The number of fused-ring (bicyclic) bond motifs is 1. The predicted molar refractivity (Wildman–Crippen MR) is 70.0 cm³/mol. The van der Waals surface area contributed by atoms with Gasteiger partial charge >= 0.3 is 6.18 Å². The molecule has 1 aromatic heterocycles. The Bertz CT molecular complexity index is 666. The highest BCUT2D eigenvalue weighted by Crippen LogP contribution is 2.26. The summed E-state index contributed by atoms with van der Waals surface area (Å²) in [5.41, 5.74) is 1.15. The van der Waals surface area contributed by atoms with E-state index in [1.54, 1.807) is 24.4 Å². The quantitative estimate of drug-likeness (QED) is 0.879. The summed E-state index contributed by atoms with van der Waals surface area (Å²) in [4.78, 5) is 16.5. The van der Waals surface area contributed by atoms with Crippen molar-refractivity contribution >= 4 is 16.8 Å². The molecule has 7 heteroatoms. The first-order valence-corrected chi connectivity index (χ1v) is 6.50. The molecule has 1 aliphatic heterocycles. The van der Waals surface area contributed by atoms with Gasteiger partial charge in [-0.1, -0.05) is 6.07 Å². The van der Waals surface area contributed by atoms with Crippen LogP contribution >= 0.6 is 0 Å². The molecule has 3 rings (SSSR count). The number of halogens is 3. The van der Waals surface area contributed by atoms with Gasteiger partial charge in [-0.15, -0.1) is 0 Å². The number of rotatable bonds is 1. The van der Waals surface area contributed by atoms with Crippen LogP contribution in [0.25, 0.3) is 10.9 Å². The lowest BCUT2D eigenvalue weighted by molar-refractivity contribution is -0.233. The molecular weight excluding hydrogens is 285 g/mol. The number of carbonyl (C=O) groups excluding carboxylic acids is 1. The van der Waals surface area contributed by atoms with Gasteiger partial charge in [0, 0.05) is 23.8 Å². The number of nitrogens with zero attached hydrogens (tertiary/aromatic N) is 1. The van der Waals surface area contributed by atoms with E-state index in [-0.39, 0.29) is 13.2 Å². The van der Waals surface area contributed by atoms with Gasteiger partial charge in [0.15, 0.2) is 6.10 Å². The minimum absolute atomic E-state index is 0.110. The third-order valence-corrected chi connectivity index (χ3v) is 3.52. The van der Waals surface area contributed by atoms with Crippen molar-refractivity contribution in [1.29, 1.82) is 0 Å². The van der Waals surface area contributed by atoms with E-state index in [2.05, 4.69) is 4.98 Å². The topological polar surface area (TPSA) is 45.3 Å².